The maximum Gasteiger partial charge on any atom is 0.265 e. The summed E-state index contributed by atoms with van der Waals surface area (Å²) in [5, 5.41) is 2.90. The van der Waals surface area contributed by atoms with Gasteiger partial charge < -0.3 is 14.8 Å². The topological polar surface area (TPSA) is 47.6 Å². The SMILES string of the molecule is CC[C@H](Oc1ccc(C)c(C)c1)C(=O)Nc1ccc(OC(C)C)cc1. The Morgan fingerprint density at radius 3 is 2.16 bits per heavy atom. The highest BCUT2D eigenvalue weighted by Gasteiger charge is 2.18. The minimum absolute atomic E-state index is 0.122. The van der Waals surface area contributed by atoms with Crippen LogP contribution in [0.2, 0.25) is 0 Å². The van der Waals surface area contributed by atoms with Gasteiger partial charge in [-0.25, -0.2) is 0 Å². The number of carbonyl (C=O) groups excluding carboxylic acids is 1. The molecule has 0 radical (unpaired) electrons. The number of nitrogens with one attached hydrogen (secondary N) is 1. The van der Waals surface area contributed by atoms with Gasteiger partial charge in [0.1, 0.15) is 11.5 Å². The smallest absolute Gasteiger partial charge is 0.265 e. The highest BCUT2D eigenvalue weighted by molar-refractivity contribution is 5.94. The molecule has 0 spiro atoms. The van der Waals surface area contributed by atoms with E-state index >= 15 is 0 Å². The fourth-order valence-corrected chi connectivity index (χ4v) is 2.39. The van der Waals surface area contributed by atoms with Crippen molar-refractivity contribution in [3.05, 3.63) is 53.6 Å². The second kappa shape index (κ2) is 8.56. The highest BCUT2D eigenvalue weighted by atomic mass is 16.5. The van der Waals surface area contributed by atoms with E-state index in [9.17, 15) is 4.79 Å². The van der Waals surface area contributed by atoms with Crippen LogP contribution in [0.5, 0.6) is 11.5 Å². The van der Waals surface area contributed by atoms with Crippen LogP contribution in [0.1, 0.15) is 38.3 Å². The van der Waals surface area contributed by atoms with Crippen molar-refractivity contribution in [2.75, 3.05) is 5.32 Å². The van der Waals surface area contributed by atoms with Gasteiger partial charge in [0.25, 0.3) is 5.91 Å². The van der Waals surface area contributed by atoms with Crippen LogP contribution in [0.4, 0.5) is 5.69 Å². The Kier molecular flexibility index (Phi) is 6.45. The molecule has 4 nitrogen and oxygen atoms in total. The standard InChI is InChI=1S/C21H27NO3/c1-6-20(25-19-10-7-15(4)16(5)13-19)21(23)22-17-8-11-18(12-9-17)24-14(2)3/h7-14,20H,6H2,1-5H3,(H,22,23)/t20-/m0/s1. The van der Waals surface area contributed by atoms with Gasteiger partial charge in [-0.15, -0.1) is 0 Å². The van der Waals surface area contributed by atoms with E-state index in [1.54, 1.807) is 0 Å². The summed E-state index contributed by atoms with van der Waals surface area (Å²) in [4.78, 5) is 12.5. The summed E-state index contributed by atoms with van der Waals surface area (Å²) in [6.07, 6.45) is 0.179. The lowest BCUT2D eigenvalue weighted by atomic mass is 10.1. The van der Waals surface area contributed by atoms with Gasteiger partial charge in [0, 0.05) is 5.69 Å². The Bertz CT molecular complexity index is 708. The molecule has 4 heteroatoms. The molecule has 0 fully saturated rings. The first-order valence-electron chi connectivity index (χ1n) is 8.70. The number of hydrogen-bond acceptors (Lipinski definition) is 3. The zero-order chi connectivity index (χ0) is 18.4. The maximum atomic E-state index is 12.5. The Balaban J connectivity index is 2.00. The van der Waals surface area contributed by atoms with Gasteiger partial charge in [-0.2, -0.15) is 0 Å². The predicted molar refractivity (Wildman–Crippen MR) is 101 cm³/mol. The Hall–Kier alpha value is -2.49. The lowest BCUT2D eigenvalue weighted by molar-refractivity contribution is -0.122. The van der Waals surface area contributed by atoms with Crippen molar-refractivity contribution in [1.82, 2.24) is 0 Å². The van der Waals surface area contributed by atoms with Crippen LogP contribution in [-0.4, -0.2) is 18.1 Å². The zero-order valence-corrected chi connectivity index (χ0v) is 15.6. The summed E-state index contributed by atoms with van der Waals surface area (Å²) in [5.74, 6) is 1.34. The third-order valence-corrected chi connectivity index (χ3v) is 3.91. The minimum Gasteiger partial charge on any atom is -0.491 e. The van der Waals surface area contributed by atoms with E-state index in [4.69, 9.17) is 9.47 Å². The number of carbonyl (C=O) groups is 1. The molecule has 0 aliphatic rings. The first kappa shape index (κ1) is 18.8. The van der Waals surface area contributed by atoms with Crippen LogP contribution in [0.25, 0.3) is 0 Å². The molecule has 25 heavy (non-hydrogen) atoms. The zero-order valence-electron chi connectivity index (χ0n) is 15.6. The number of amides is 1. The van der Waals surface area contributed by atoms with Crippen molar-refractivity contribution in [1.29, 1.82) is 0 Å². The monoisotopic (exact) mass is 341 g/mol. The molecule has 2 aromatic carbocycles. The molecule has 1 atom stereocenters. The van der Waals surface area contributed by atoms with E-state index in [0.717, 1.165) is 17.0 Å². The van der Waals surface area contributed by atoms with Crippen LogP contribution in [-0.2, 0) is 4.79 Å². The largest absolute Gasteiger partial charge is 0.491 e. The minimum atomic E-state index is -0.534. The van der Waals surface area contributed by atoms with Gasteiger partial charge >= 0.3 is 0 Å². The van der Waals surface area contributed by atoms with Crippen molar-refractivity contribution >= 4 is 11.6 Å². The summed E-state index contributed by atoms with van der Waals surface area (Å²) in [6, 6.07) is 13.2. The number of ether oxygens (including phenoxy) is 2. The maximum absolute atomic E-state index is 12.5. The van der Waals surface area contributed by atoms with Crippen LogP contribution in [0.15, 0.2) is 42.5 Å². The third-order valence-electron chi connectivity index (χ3n) is 3.91. The second-order valence-electron chi connectivity index (χ2n) is 6.44. The molecule has 1 amide bonds. The van der Waals surface area contributed by atoms with Crippen LogP contribution in [0.3, 0.4) is 0 Å². The average Bonchev–Trinajstić information content (AvgIpc) is 2.57. The summed E-state index contributed by atoms with van der Waals surface area (Å²) < 4.78 is 11.5. The number of benzene rings is 2. The van der Waals surface area contributed by atoms with E-state index in [0.29, 0.717) is 12.2 Å². The molecule has 0 bridgehead atoms. The number of rotatable bonds is 7. The Morgan fingerprint density at radius 1 is 0.960 bits per heavy atom. The lowest BCUT2D eigenvalue weighted by Crippen LogP contribution is -2.32. The van der Waals surface area contributed by atoms with E-state index in [-0.39, 0.29) is 12.0 Å². The van der Waals surface area contributed by atoms with Gasteiger partial charge in [-0.05, 0) is 81.6 Å². The molecule has 0 heterocycles. The molecular formula is C21H27NO3. The highest BCUT2D eigenvalue weighted by Crippen LogP contribution is 2.20. The summed E-state index contributed by atoms with van der Waals surface area (Å²) in [5.41, 5.74) is 3.07. The summed E-state index contributed by atoms with van der Waals surface area (Å²) in [7, 11) is 0. The van der Waals surface area contributed by atoms with Crippen LogP contribution < -0.4 is 14.8 Å². The lowest BCUT2D eigenvalue weighted by Gasteiger charge is -2.18. The van der Waals surface area contributed by atoms with E-state index in [1.165, 1.54) is 5.56 Å². The van der Waals surface area contributed by atoms with Crippen molar-refractivity contribution in [3.63, 3.8) is 0 Å². The van der Waals surface area contributed by atoms with Crippen molar-refractivity contribution < 1.29 is 14.3 Å². The van der Waals surface area contributed by atoms with Crippen molar-refractivity contribution in [3.8, 4) is 11.5 Å². The van der Waals surface area contributed by atoms with Crippen LogP contribution >= 0.6 is 0 Å². The summed E-state index contributed by atoms with van der Waals surface area (Å²) >= 11 is 0. The number of anilines is 1. The van der Waals surface area contributed by atoms with E-state index < -0.39 is 6.10 Å². The Morgan fingerprint density at radius 2 is 1.60 bits per heavy atom. The normalized spacial score (nSPS) is 11.9. The number of hydrogen-bond donors (Lipinski definition) is 1. The molecule has 0 aliphatic carbocycles. The number of aryl methyl sites for hydroxylation is 2. The molecule has 134 valence electrons. The van der Waals surface area contributed by atoms with E-state index in [1.807, 2.05) is 70.2 Å². The Labute approximate surface area is 150 Å². The molecule has 0 unspecified atom stereocenters. The summed E-state index contributed by atoms with van der Waals surface area (Å²) in [6.45, 7) is 9.97. The predicted octanol–water partition coefficient (Wildman–Crippen LogP) is 4.89. The molecular weight excluding hydrogens is 314 g/mol. The van der Waals surface area contributed by atoms with E-state index in [2.05, 4.69) is 12.2 Å². The molecule has 2 aromatic rings. The van der Waals surface area contributed by atoms with Gasteiger partial charge in [-0.1, -0.05) is 13.0 Å². The van der Waals surface area contributed by atoms with Crippen molar-refractivity contribution in [2.24, 2.45) is 0 Å². The molecule has 0 aliphatic heterocycles. The first-order valence-corrected chi connectivity index (χ1v) is 8.70. The second-order valence-corrected chi connectivity index (χ2v) is 6.44. The third kappa shape index (κ3) is 5.52. The molecule has 1 N–H and O–H groups in total. The van der Waals surface area contributed by atoms with Gasteiger partial charge in [0.05, 0.1) is 6.10 Å². The quantitative estimate of drug-likeness (QED) is 0.780. The fraction of sp³-hybridized carbons (Fsp3) is 0.381. The van der Waals surface area contributed by atoms with Gasteiger partial charge in [-0.3, -0.25) is 4.79 Å². The molecule has 0 aromatic heterocycles. The van der Waals surface area contributed by atoms with Crippen molar-refractivity contribution in [2.45, 2.75) is 53.2 Å². The van der Waals surface area contributed by atoms with Crippen LogP contribution in [0, 0.1) is 13.8 Å². The molecule has 2 rings (SSSR count). The first-order chi connectivity index (χ1) is 11.9. The molecule has 0 saturated heterocycles. The fourth-order valence-electron chi connectivity index (χ4n) is 2.39. The molecule has 0 saturated carbocycles. The average molecular weight is 341 g/mol. The van der Waals surface area contributed by atoms with Gasteiger partial charge in [0.15, 0.2) is 6.10 Å². The van der Waals surface area contributed by atoms with Gasteiger partial charge in [0.2, 0.25) is 0 Å².